The molecular weight excluding hydrogens is 335 g/mol. The first-order valence-electron chi connectivity index (χ1n) is 6.76. The number of hydrogen-bond acceptors (Lipinski definition) is 6. The highest BCUT2D eigenvalue weighted by molar-refractivity contribution is 6.43. The minimum atomic E-state index is 0.400. The first-order chi connectivity index (χ1) is 11.2. The fraction of sp³-hybridized carbons (Fsp3) is 0.0667. The molecule has 0 atom stereocenters. The molecule has 0 fully saturated rings. The lowest BCUT2D eigenvalue weighted by atomic mass is 10.3. The number of nitrogens with zero attached hydrogens (tertiary/aromatic N) is 4. The molecule has 116 valence electrons. The number of hydrogen-bond donors (Lipinski definition) is 2. The summed E-state index contributed by atoms with van der Waals surface area (Å²) in [5.74, 6) is 0.912. The van der Waals surface area contributed by atoms with Crippen LogP contribution in [0.4, 0.5) is 17.5 Å². The molecule has 6 nitrogen and oxygen atoms in total. The van der Waals surface area contributed by atoms with Gasteiger partial charge >= 0.3 is 0 Å². The van der Waals surface area contributed by atoms with Gasteiger partial charge in [0.2, 0.25) is 5.95 Å². The molecule has 0 aliphatic heterocycles. The van der Waals surface area contributed by atoms with E-state index < -0.39 is 0 Å². The van der Waals surface area contributed by atoms with Gasteiger partial charge < -0.3 is 10.6 Å². The minimum absolute atomic E-state index is 0.400. The van der Waals surface area contributed by atoms with Crippen molar-refractivity contribution in [2.75, 3.05) is 10.6 Å². The Balaban J connectivity index is 1.71. The van der Waals surface area contributed by atoms with E-state index in [-0.39, 0.29) is 0 Å². The quantitative estimate of drug-likeness (QED) is 0.728. The Bertz CT molecular complexity index is 797. The van der Waals surface area contributed by atoms with Crippen molar-refractivity contribution in [2.24, 2.45) is 0 Å². The number of pyridine rings is 1. The van der Waals surface area contributed by atoms with E-state index in [0.717, 1.165) is 5.56 Å². The molecule has 0 saturated carbocycles. The fourth-order valence-electron chi connectivity index (χ4n) is 1.86. The molecule has 0 bridgehead atoms. The van der Waals surface area contributed by atoms with Crippen LogP contribution in [0.1, 0.15) is 5.56 Å². The summed E-state index contributed by atoms with van der Waals surface area (Å²) in [5, 5.41) is 14.9. The van der Waals surface area contributed by atoms with E-state index >= 15 is 0 Å². The van der Waals surface area contributed by atoms with Crippen LogP contribution in [0.15, 0.2) is 48.9 Å². The van der Waals surface area contributed by atoms with E-state index in [1.807, 2.05) is 12.1 Å². The van der Waals surface area contributed by atoms with Crippen molar-refractivity contribution in [2.45, 2.75) is 6.54 Å². The second-order valence-corrected chi connectivity index (χ2v) is 5.39. The molecule has 2 N–H and O–H groups in total. The van der Waals surface area contributed by atoms with Gasteiger partial charge in [-0.25, -0.2) is 0 Å². The summed E-state index contributed by atoms with van der Waals surface area (Å²) in [6, 6.07) is 9.15. The molecule has 2 heterocycles. The molecular formula is C15H12Cl2N6. The smallest absolute Gasteiger partial charge is 0.244 e. The van der Waals surface area contributed by atoms with Gasteiger partial charge in [-0.05, 0) is 23.8 Å². The van der Waals surface area contributed by atoms with Crippen LogP contribution in [0, 0.1) is 0 Å². The Labute approximate surface area is 142 Å². The van der Waals surface area contributed by atoms with Crippen molar-refractivity contribution in [3.05, 3.63) is 64.5 Å². The highest BCUT2D eigenvalue weighted by Gasteiger charge is 2.06. The van der Waals surface area contributed by atoms with Gasteiger partial charge in [-0.15, -0.1) is 5.10 Å². The molecule has 3 rings (SSSR count). The summed E-state index contributed by atoms with van der Waals surface area (Å²) in [7, 11) is 0. The standard InChI is InChI=1S/C15H12Cl2N6/c16-11-4-1-5-12(14(11)17)21-13-9-20-23-15(22-13)19-8-10-3-2-6-18-7-10/h1-7,9H,8H2,(H2,19,21,22,23). The van der Waals surface area contributed by atoms with Crippen LogP contribution in [-0.2, 0) is 6.54 Å². The van der Waals surface area contributed by atoms with Gasteiger partial charge in [-0.3, -0.25) is 4.98 Å². The average Bonchev–Trinajstić information content (AvgIpc) is 2.59. The molecule has 1 aromatic carbocycles. The van der Waals surface area contributed by atoms with Crippen LogP contribution in [0.3, 0.4) is 0 Å². The maximum absolute atomic E-state index is 6.14. The van der Waals surface area contributed by atoms with E-state index in [4.69, 9.17) is 23.2 Å². The van der Waals surface area contributed by atoms with Crippen LogP contribution in [0.2, 0.25) is 10.0 Å². The van der Waals surface area contributed by atoms with Crippen LogP contribution in [0.25, 0.3) is 0 Å². The number of anilines is 3. The molecule has 2 aromatic heterocycles. The molecule has 3 aromatic rings. The maximum atomic E-state index is 6.14. The summed E-state index contributed by atoms with van der Waals surface area (Å²) < 4.78 is 0. The lowest BCUT2D eigenvalue weighted by Gasteiger charge is -2.09. The number of nitrogens with one attached hydrogen (secondary N) is 2. The van der Waals surface area contributed by atoms with Crippen molar-refractivity contribution in [1.29, 1.82) is 0 Å². The lowest BCUT2D eigenvalue weighted by Crippen LogP contribution is -2.06. The second kappa shape index (κ2) is 7.21. The number of benzene rings is 1. The highest BCUT2D eigenvalue weighted by Crippen LogP contribution is 2.31. The number of rotatable bonds is 5. The van der Waals surface area contributed by atoms with Gasteiger partial charge in [0, 0.05) is 18.9 Å². The molecule has 0 aliphatic carbocycles. The minimum Gasteiger partial charge on any atom is -0.349 e. The van der Waals surface area contributed by atoms with Gasteiger partial charge in [-0.1, -0.05) is 35.3 Å². The Morgan fingerprint density at radius 1 is 1.04 bits per heavy atom. The van der Waals surface area contributed by atoms with Gasteiger partial charge in [0.1, 0.15) is 0 Å². The summed E-state index contributed by atoms with van der Waals surface area (Å²) in [6.07, 6.45) is 5.00. The summed E-state index contributed by atoms with van der Waals surface area (Å²) in [4.78, 5) is 8.39. The average molecular weight is 347 g/mol. The predicted molar refractivity (Wildman–Crippen MR) is 91.1 cm³/mol. The monoisotopic (exact) mass is 346 g/mol. The Morgan fingerprint density at radius 3 is 2.78 bits per heavy atom. The van der Waals surface area contributed by atoms with Crippen molar-refractivity contribution >= 4 is 40.7 Å². The Morgan fingerprint density at radius 2 is 1.96 bits per heavy atom. The molecule has 8 heteroatoms. The van der Waals surface area contributed by atoms with E-state index in [1.54, 1.807) is 30.6 Å². The zero-order chi connectivity index (χ0) is 16.1. The molecule has 23 heavy (non-hydrogen) atoms. The fourth-order valence-corrected chi connectivity index (χ4v) is 2.21. The van der Waals surface area contributed by atoms with E-state index in [9.17, 15) is 0 Å². The first-order valence-corrected chi connectivity index (χ1v) is 7.51. The SMILES string of the molecule is Clc1cccc(Nc2cnnc(NCc3cccnc3)n2)c1Cl. The summed E-state index contributed by atoms with van der Waals surface area (Å²) in [6.45, 7) is 0.552. The molecule has 0 amide bonds. The zero-order valence-corrected chi connectivity index (χ0v) is 13.4. The van der Waals surface area contributed by atoms with E-state index in [2.05, 4.69) is 30.8 Å². The molecule has 0 saturated heterocycles. The number of aromatic nitrogens is 4. The lowest BCUT2D eigenvalue weighted by molar-refractivity contribution is 0.946. The summed E-state index contributed by atoms with van der Waals surface area (Å²) in [5.41, 5.74) is 1.67. The number of halogens is 2. The van der Waals surface area contributed by atoms with Crippen molar-refractivity contribution in [1.82, 2.24) is 20.2 Å². The van der Waals surface area contributed by atoms with E-state index in [0.29, 0.717) is 34.0 Å². The third kappa shape index (κ3) is 4.06. The van der Waals surface area contributed by atoms with Gasteiger partial charge in [-0.2, -0.15) is 10.1 Å². The summed E-state index contributed by atoms with van der Waals surface area (Å²) >= 11 is 12.1. The predicted octanol–water partition coefficient (Wildman–Crippen LogP) is 3.93. The van der Waals surface area contributed by atoms with Crippen LogP contribution in [-0.4, -0.2) is 20.2 Å². The largest absolute Gasteiger partial charge is 0.349 e. The van der Waals surface area contributed by atoms with Gasteiger partial charge in [0.25, 0.3) is 0 Å². The Hall–Kier alpha value is -2.44. The highest BCUT2D eigenvalue weighted by atomic mass is 35.5. The molecule has 0 spiro atoms. The molecule has 0 radical (unpaired) electrons. The van der Waals surface area contributed by atoms with Gasteiger partial charge in [0.15, 0.2) is 5.82 Å². The van der Waals surface area contributed by atoms with Crippen LogP contribution in [0.5, 0.6) is 0 Å². The van der Waals surface area contributed by atoms with Crippen molar-refractivity contribution in [3.63, 3.8) is 0 Å². The maximum Gasteiger partial charge on any atom is 0.244 e. The Kier molecular flexibility index (Phi) is 4.85. The van der Waals surface area contributed by atoms with Crippen LogP contribution >= 0.6 is 23.2 Å². The molecule has 0 aliphatic rings. The van der Waals surface area contributed by atoms with Gasteiger partial charge in [0.05, 0.1) is 21.9 Å². The third-order valence-electron chi connectivity index (χ3n) is 2.95. The van der Waals surface area contributed by atoms with Crippen LogP contribution < -0.4 is 10.6 Å². The third-order valence-corrected chi connectivity index (χ3v) is 3.77. The first kappa shape index (κ1) is 15.5. The van der Waals surface area contributed by atoms with E-state index in [1.165, 1.54) is 6.20 Å². The topological polar surface area (TPSA) is 75.6 Å². The zero-order valence-electron chi connectivity index (χ0n) is 11.9. The van der Waals surface area contributed by atoms with Crippen molar-refractivity contribution < 1.29 is 0 Å². The molecule has 0 unspecified atom stereocenters. The van der Waals surface area contributed by atoms with Crippen molar-refractivity contribution in [3.8, 4) is 0 Å². The normalized spacial score (nSPS) is 10.3. The second-order valence-electron chi connectivity index (χ2n) is 4.61.